The largest absolute Gasteiger partial charge is 0.472 e. The molecular weight excluding hydrogens is 792 g/mol. The van der Waals surface area contributed by atoms with Crippen LogP contribution in [0.25, 0.3) is 0 Å². The van der Waals surface area contributed by atoms with Crippen molar-refractivity contribution in [1.82, 2.24) is 5.32 Å². The summed E-state index contributed by atoms with van der Waals surface area (Å²) in [5.74, 6) is -0.179. The summed E-state index contributed by atoms with van der Waals surface area (Å²) in [5.41, 5.74) is 0. The smallest absolute Gasteiger partial charge is 0.387 e. The molecule has 0 aliphatic rings. The summed E-state index contributed by atoms with van der Waals surface area (Å²) in [6.45, 7) is 4.81. The number of nitrogens with one attached hydrogen (secondary N) is 1. The minimum Gasteiger partial charge on any atom is -0.387 e. The molecule has 0 saturated heterocycles. The molecule has 0 heterocycles. The van der Waals surface area contributed by atoms with Gasteiger partial charge in [-0.3, -0.25) is 13.8 Å². The number of rotatable bonds is 48. The fourth-order valence-electron chi connectivity index (χ4n) is 7.68. The van der Waals surface area contributed by atoms with Crippen LogP contribution < -0.4 is 5.32 Å². The molecule has 366 valence electrons. The van der Waals surface area contributed by atoms with Crippen LogP contribution in [0, 0.1) is 0 Å². The Morgan fingerprint density at radius 1 is 0.548 bits per heavy atom. The van der Waals surface area contributed by atoms with E-state index in [-0.39, 0.29) is 19.1 Å². The lowest BCUT2D eigenvalue weighted by Crippen LogP contribution is -2.45. The van der Waals surface area contributed by atoms with E-state index in [1.807, 2.05) is 27.2 Å². The van der Waals surface area contributed by atoms with Gasteiger partial charge in [-0.2, -0.15) is 0 Å². The van der Waals surface area contributed by atoms with Crippen molar-refractivity contribution in [2.24, 2.45) is 0 Å². The Kier molecular flexibility index (Phi) is 44.0. The second-order valence-electron chi connectivity index (χ2n) is 19.3. The first-order valence-electron chi connectivity index (χ1n) is 26.4. The number of hydrogen-bond donors (Lipinski definition) is 3. The molecule has 0 aliphatic heterocycles. The van der Waals surface area contributed by atoms with E-state index in [9.17, 15) is 19.4 Å². The number of phosphoric ester groups is 1. The molecule has 0 saturated carbocycles. The van der Waals surface area contributed by atoms with Crippen LogP contribution in [-0.2, 0) is 18.4 Å². The second-order valence-corrected chi connectivity index (χ2v) is 20.7. The minimum absolute atomic E-state index is 0.0611. The van der Waals surface area contributed by atoms with Crippen LogP contribution in [0.4, 0.5) is 0 Å². The maximum Gasteiger partial charge on any atom is 0.472 e. The summed E-state index contributed by atoms with van der Waals surface area (Å²) in [5, 5.41) is 13.9. The molecule has 0 radical (unpaired) electrons. The summed E-state index contributed by atoms with van der Waals surface area (Å²) in [7, 11) is 1.57. The van der Waals surface area contributed by atoms with Crippen molar-refractivity contribution < 1.29 is 32.9 Å². The molecule has 8 nitrogen and oxygen atoms in total. The van der Waals surface area contributed by atoms with E-state index in [4.69, 9.17) is 9.05 Å². The maximum atomic E-state index is 12.9. The van der Waals surface area contributed by atoms with Gasteiger partial charge in [0.25, 0.3) is 0 Å². The van der Waals surface area contributed by atoms with Crippen LogP contribution in [0.2, 0.25) is 0 Å². The first-order valence-corrected chi connectivity index (χ1v) is 27.9. The second kappa shape index (κ2) is 44.9. The number of allylic oxidation sites excluding steroid dienone is 5. The fourth-order valence-corrected chi connectivity index (χ4v) is 8.42. The Morgan fingerprint density at radius 2 is 0.903 bits per heavy atom. The molecular formula is C53H104N2O6P+. The lowest BCUT2D eigenvalue weighted by Gasteiger charge is -2.25. The van der Waals surface area contributed by atoms with Crippen molar-refractivity contribution in [2.45, 2.75) is 257 Å². The number of hydrogen-bond acceptors (Lipinski definition) is 5. The first-order chi connectivity index (χ1) is 30.0. The van der Waals surface area contributed by atoms with E-state index in [2.05, 4.69) is 43.5 Å². The summed E-state index contributed by atoms with van der Waals surface area (Å²) in [6, 6.07) is -0.848. The predicted molar refractivity (Wildman–Crippen MR) is 268 cm³/mol. The van der Waals surface area contributed by atoms with E-state index in [1.54, 1.807) is 6.08 Å². The molecule has 0 fully saturated rings. The highest BCUT2D eigenvalue weighted by molar-refractivity contribution is 7.47. The molecule has 0 bridgehead atoms. The number of phosphoric acid groups is 1. The highest BCUT2D eigenvalue weighted by atomic mass is 31.2. The van der Waals surface area contributed by atoms with Crippen LogP contribution in [0.5, 0.6) is 0 Å². The van der Waals surface area contributed by atoms with Gasteiger partial charge in [-0.1, -0.05) is 230 Å². The van der Waals surface area contributed by atoms with Gasteiger partial charge < -0.3 is 19.8 Å². The Balaban J connectivity index is 4.29. The van der Waals surface area contributed by atoms with Gasteiger partial charge in [0.15, 0.2) is 0 Å². The number of aliphatic hydroxyl groups excluding tert-OH is 1. The van der Waals surface area contributed by atoms with Gasteiger partial charge in [0.05, 0.1) is 39.9 Å². The van der Waals surface area contributed by atoms with E-state index in [0.717, 1.165) is 38.5 Å². The van der Waals surface area contributed by atoms with Crippen molar-refractivity contribution in [3.63, 3.8) is 0 Å². The van der Waals surface area contributed by atoms with Crippen molar-refractivity contribution in [1.29, 1.82) is 0 Å². The first kappa shape index (κ1) is 60.7. The van der Waals surface area contributed by atoms with Gasteiger partial charge in [0, 0.05) is 6.42 Å². The zero-order valence-corrected chi connectivity index (χ0v) is 42.5. The molecule has 0 rings (SSSR count). The van der Waals surface area contributed by atoms with E-state index in [1.165, 1.54) is 186 Å². The predicted octanol–water partition coefficient (Wildman–Crippen LogP) is 15.4. The van der Waals surface area contributed by atoms with Crippen molar-refractivity contribution in [3.8, 4) is 0 Å². The van der Waals surface area contributed by atoms with Crippen LogP contribution in [-0.4, -0.2) is 73.4 Å². The highest BCUT2D eigenvalue weighted by Crippen LogP contribution is 2.43. The molecule has 1 amide bonds. The number of nitrogens with zero attached hydrogens (tertiary/aromatic N) is 1. The number of likely N-dealkylation sites (N-methyl/N-ethyl adjacent to an activating group) is 1. The van der Waals surface area contributed by atoms with Gasteiger partial charge in [-0.05, 0) is 44.9 Å². The normalized spacial score (nSPS) is 14.4. The SMILES string of the molecule is CCCCC/C=C\C=C/CCCCCCCCCCCCC(=O)NC(COP(=O)(O)OCC[N+](C)(C)C)C(O)/C=C/CCCCCCCCCCCCCCCCCCCCC. The van der Waals surface area contributed by atoms with Gasteiger partial charge in [0.1, 0.15) is 13.2 Å². The lowest BCUT2D eigenvalue weighted by atomic mass is 10.0. The number of amides is 1. The molecule has 3 N–H and O–H groups in total. The Hall–Kier alpha value is -1.28. The van der Waals surface area contributed by atoms with Crippen molar-refractivity contribution in [3.05, 3.63) is 36.5 Å². The van der Waals surface area contributed by atoms with Crippen LogP contribution in [0.3, 0.4) is 0 Å². The van der Waals surface area contributed by atoms with Crippen molar-refractivity contribution in [2.75, 3.05) is 40.9 Å². The number of carbonyl (C=O) groups is 1. The summed E-state index contributed by atoms with van der Waals surface area (Å²) < 4.78 is 23.7. The zero-order valence-electron chi connectivity index (χ0n) is 41.6. The van der Waals surface area contributed by atoms with E-state index < -0.39 is 20.0 Å². The van der Waals surface area contributed by atoms with Gasteiger partial charge >= 0.3 is 7.82 Å². The molecule has 0 aliphatic carbocycles. The van der Waals surface area contributed by atoms with Crippen molar-refractivity contribution >= 4 is 13.7 Å². The molecule has 3 atom stereocenters. The molecule has 0 spiro atoms. The quantitative estimate of drug-likeness (QED) is 0.0185. The van der Waals surface area contributed by atoms with Gasteiger partial charge in [0.2, 0.25) is 5.91 Å². The van der Waals surface area contributed by atoms with Crippen LogP contribution >= 0.6 is 7.82 Å². The average Bonchev–Trinajstić information content (AvgIpc) is 3.23. The Morgan fingerprint density at radius 3 is 1.32 bits per heavy atom. The third-order valence-electron chi connectivity index (χ3n) is 11.9. The zero-order chi connectivity index (χ0) is 45.7. The molecule has 0 aromatic heterocycles. The lowest BCUT2D eigenvalue weighted by molar-refractivity contribution is -0.870. The monoisotopic (exact) mass is 896 g/mol. The third kappa shape index (κ3) is 46.7. The fraction of sp³-hybridized carbons (Fsp3) is 0.868. The van der Waals surface area contributed by atoms with Crippen LogP contribution in [0.15, 0.2) is 36.5 Å². The summed E-state index contributed by atoms with van der Waals surface area (Å²) in [4.78, 5) is 23.2. The van der Waals surface area contributed by atoms with E-state index >= 15 is 0 Å². The third-order valence-corrected chi connectivity index (χ3v) is 12.9. The molecule has 0 aromatic rings. The average molecular weight is 896 g/mol. The number of unbranched alkanes of at least 4 members (excludes halogenated alkanes) is 32. The molecule has 9 heteroatoms. The van der Waals surface area contributed by atoms with Gasteiger partial charge in [-0.25, -0.2) is 4.57 Å². The maximum absolute atomic E-state index is 12.9. The number of carbonyl (C=O) groups excluding carboxylic acids is 1. The van der Waals surface area contributed by atoms with Gasteiger partial charge in [-0.15, -0.1) is 0 Å². The highest BCUT2D eigenvalue weighted by Gasteiger charge is 2.27. The Labute approximate surface area is 385 Å². The minimum atomic E-state index is -4.34. The summed E-state index contributed by atoms with van der Waals surface area (Å²) >= 11 is 0. The molecule has 0 aromatic carbocycles. The standard InChI is InChI=1S/C53H103N2O6P/c1-6-8-10-12-14-16-18-20-22-24-26-27-29-30-32-34-36-38-40-42-44-46-52(56)51(50-61-62(58,59)60-49-48-55(3,4)5)54-53(57)47-45-43-41-39-37-35-33-31-28-25-23-21-19-17-15-13-11-9-7-2/h15,17,19,21,44,46,51-52,56H,6-14,16,18,20,22-43,45,47-50H2,1-5H3,(H-,54,57,58,59)/p+1/b17-15-,21-19-,46-44+. The molecule has 3 unspecified atom stereocenters. The number of aliphatic hydroxyl groups is 1. The molecule has 62 heavy (non-hydrogen) atoms. The van der Waals surface area contributed by atoms with E-state index in [0.29, 0.717) is 17.4 Å². The van der Waals surface area contributed by atoms with Crippen LogP contribution in [0.1, 0.15) is 245 Å². The number of quaternary nitrogens is 1. The summed E-state index contributed by atoms with van der Waals surface area (Å²) in [6.07, 6.45) is 56.5. The topological polar surface area (TPSA) is 105 Å². The Bertz CT molecular complexity index is 1110.